The maximum Gasteiger partial charge on any atom is 0.345 e. The van der Waals surface area contributed by atoms with Gasteiger partial charge in [0.25, 0.3) is 0 Å². The van der Waals surface area contributed by atoms with E-state index in [1.54, 1.807) is 19.1 Å². The largest absolute Gasteiger partial charge is 0.508 e. The zero-order valence-electron chi connectivity index (χ0n) is 10.0. The Morgan fingerprint density at radius 2 is 2.21 bits per heavy atom. The molecule has 7 heteroatoms. The predicted octanol–water partition coefficient (Wildman–Crippen LogP) is 1.06. The number of aromatic hydroxyl groups is 1. The Morgan fingerprint density at radius 1 is 1.47 bits per heavy atom. The number of nitrogens with zero attached hydrogens (tertiary/aromatic N) is 1. The molecule has 1 aromatic heterocycles. The van der Waals surface area contributed by atoms with Crippen molar-refractivity contribution < 1.29 is 9.52 Å². The molecule has 0 saturated carbocycles. The van der Waals surface area contributed by atoms with Crippen LogP contribution in [-0.2, 0) is 0 Å². The molecule has 0 aliphatic rings. The van der Waals surface area contributed by atoms with Gasteiger partial charge >= 0.3 is 5.63 Å². The number of hydrogen-bond acceptors (Lipinski definition) is 5. The van der Waals surface area contributed by atoms with Crippen molar-refractivity contribution in [2.24, 2.45) is 10.8 Å². The Kier molecular flexibility index (Phi) is 3.48. The van der Waals surface area contributed by atoms with Crippen molar-refractivity contribution in [3.8, 4) is 5.75 Å². The smallest absolute Gasteiger partial charge is 0.345 e. The lowest BCUT2D eigenvalue weighted by Gasteiger charge is -2.03. The molecule has 0 spiro atoms. The first-order chi connectivity index (χ1) is 8.97. The molecular weight excluding hydrogens is 266 g/mol. The number of nitrogens with one attached hydrogen (secondary N) is 1. The third-order valence-electron chi connectivity index (χ3n) is 2.44. The summed E-state index contributed by atoms with van der Waals surface area (Å²) in [5.74, 6) is 0.0314. The van der Waals surface area contributed by atoms with Crippen molar-refractivity contribution in [2.75, 3.05) is 0 Å². The Bertz CT molecular complexity index is 737. The van der Waals surface area contributed by atoms with Gasteiger partial charge in [-0.05, 0) is 37.3 Å². The van der Waals surface area contributed by atoms with Crippen LogP contribution in [0.25, 0.3) is 11.0 Å². The Morgan fingerprint density at radius 3 is 2.89 bits per heavy atom. The van der Waals surface area contributed by atoms with Crippen molar-refractivity contribution in [1.29, 1.82) is 0 Å². The zero-order valence-corrected chi connectivity index (χ0v) is 10.8. The summed E-state index contributed by atoms with van der Waals surface area (Å²) in [6, 6.07) is 6.15. The molecule has 4 N–H and O–H groups in total. The SMILES string of the molecule is C/C(=N/NC(N)=S)c1cc2ccc(O)cc2oc1=O. The third kappa shape index (κ3) is 2.89. The van der Waals surface area contributed by atoms with Gasteiger partial charge in [-0.3, -0.25) is 5.43 Å². The van der Waals surface area contributed by atoms with Crippen LogP contribution in [0.2, 0.25) is 0 Å². The van der Waals surface area contributed by atoms with E-state index in [-0.39, 0.29) is 10.9 Å². The minimum Gasteiger partial charge on any atom is -0.508 e. The van der Waals surface area contributed by atoms with Gasteiger partial charge in [0.05, 0.1) is 11.3 Å². The van der Waals surface area contributed by atoms with Crippen LogP contribution in [-0.4, -0.2) is 15.9 Å². The number of hydrazone groups is 1. The summed E-state index contributed by atoms with van der Waals surface area (Å²) in [4.78, 5) is 11.8. The highest BCUT2D eigenvalue weighted by atomic mass is 32.1. The average Bonchev–Trinajstić information content (AvgIpc) is 2.35. The molecule has 2 rings (SSSR count). The highest BCUT2D eigenvalue weighted by Gasteiger charge is 2.09. The van der Waals surface area contributed by atoms with E-state index in [1.165, 1.54) is 12.1 Å². The number of phenols is 1. The molecular formula is C12H11N3O3S. The van der Waals surface area contributed by atoms with Crippen molar-refractivity contribution in [1.82, 2.24) is 5.43 Å². The quantitative estimate of drug-likeness (QED) is 0.328. The summed E-state index contributed by atoms with van der Waals surface area (Å²) in [6.07, 6.45) is 0. The molecule has 0 atom stereocenters. The first-order valence-corrected chi connectivity index (χ1v) is 5.75. The van der Waals surface area contributed by atoms with Crippen LogP contribution < -0.4 is 16.8 Å². The summed E-state index contributed by atoms with van der Waals surface area (Å²) in [6.45, 7) is 1.63. The molecule has 2 aromatic rings. The highest BCUT2D eigenvalue weighted by Crippen LogP contribution is 2.19. The fourth-order valence-corrected chi connectivity index (χ4v) is 1.60. The lowest BCUT2D eigenvalue weighted by atomic mass is 10.1. The molecule has 0 amide bonds. The second-order valence-electron chi connectivity index (χ2n) is 3.84. The summed E-state index contributed by atoms with van der Waals surface area (Å²) < 4.78 is 5.11. The van der Waals surface area contributed by atoms with E-state index in [1.807, 2.05) is 0 Å². The Hall–Kier alpha value is -2.41. The van der Waals surface area contributed by atoms with Gasteiger partial charge in [0.2, 0.25) is 0 Å². The summed E-state index contributed by atoms with van der Waals surface area (Å²) >= 11 is 4.62. The summed E-state index contributed by atoms with van der Waals surface area (Å²) in [5, 5.41) is 13.9. The van der Waals surface area contributed by atoms with Crippen LogP contribution in [0.15, 0.2) is 38.6 Å². The molecule has 1 aromatic carbocycles. The van der Waals surface area contributed by atoms with E-state index >= 15 is 0 Å². The number of phenolic OH excluding ortho intramolecular Hbond substituents is 1. The van der Waals surface area contributed by atoms with Crippen LogP contribution in [0.3, 0.4) is 0 Å². The van der Waals surface area contributed by atoms with Crippen LogP contribution in [0, 0.1) is 0 Å². The Balaban J connectivity index is 2.53. The van der Waals surface area contributed by atoms with Crippen LogP contribution in [0.4, 0.5) is 0 Å². The first-order valence-electron chi connectivity index (χ1n) is 5.34. The number of nitrogens with two attached hydrogens (primary N) is 1. The number of benzene rings is 1. The normalized spacial score (nSPS) is 11.5. The maximum absolute atomic E-state index is 11.8. The molecule has 6 nitrogen and oxygen atoms in total. The summed E-state index contributed by atoms with van der Waals surface area (Å²) in [5.41, 5.74) is 8.10. The molecule has 0 bridgehead atoms. The second kappa shape index (κ2) is 5.07. The third-order valence-corrected chi connectivity index (χ3v) is 2.53. The maximum atomic E-state index is 11.8. The van der Waals surface area contributed by atoms with Gasteiger partial charge in [-0.2, -0.15) is 5.10 Å². The molecule has 98 valence electrons. The predicted molar refractivity (Wildman–Crippen MR) is 76.3 cm³/mol. The van der Waals surface area contributed by atoms with Crippen LogP contribution in [0.1, 0.15) is 12.5 Å². The standard InChI is InChI=1S/C12H11N3O3S/c1-6(14-15-12(13)19)9-4-7-2-3-8(16)5-10(7)18-11(9)17/h2-5,16H,1H3,(H3,13,15,19)/b14-6-. The molecule has 0 aliphatic carbocycles. The van der Waals surface area contributed by atoms with Gasteiger partial charge < -0.3 is 15.3 Å². The van der Waals surface area contributed by atoms with E-state index in [0.717, 1.165) is 0 Å². The molecule has 0 aliphatic heterocycles. The van der Waals surface area contributed by atoms with Crippen LogP contribution in [0.5, 0.6) is 5.75 Å². The number of thiocarbonyl (C=S) groups is 1. The van der Waals surface area contributed by atoms with E-state index < -0.39 is 5.63 Å². The lowest BCUT2D eigenvalue weighted by molar-refractivity contribution is 0.473. The van der Waals surface area contributed by atoms with Gasteiger partial charge in [-0.15, -0.1) is 0 Å². The molecule has 19 heavy (non-hydrogen) atoms. The van der Waals surface area contributed by atoms with Gasteiger partial charge in [0, 0.05) is 11.5 Å². The zero-order chi connectivity index (χ0) is 14.0. The van der Waals surface area contributed by atoms with Crippen molar-refractivity contribution in [2.45, 2.75) is 6.92 Å². The molecule has 0 radical (unpaired) electrons. The molecule has 0 unspecified atom stereocenters. The highest BCUT2D eigenvalue weighted by molar-refractivity contribution is 7.80. The van der Waals surface area contributed by atoms with E-state index in [0.29, 0.717) is 22.2 Å². The van der Waals surface area contributed by atoms with Crippen molar-refractivity contribution in [3.05, 3.63) is 40.2 Å². The van der Waals surface area contributed by atoms with Gasteiger partial charge in [0.1, 0.15) is 11.3 Å². The van der Waals surface area contributed by atoms with E-state index in [4.69, 9.17) is 10.2 Å². The number of hydrogen-bond donors (Lipinski definition) is 3. The van der Waals surface area contributed by atoms with E-state index in [9.17, 15) is 9.90 Å². The van der Waals surface area contributed by atoms with Crippen molar-refractivity contribution >= 4 is 34.0 Å². The topological polar surface area (TPSA) is 101 Å². The second-order valence-corrected chi connectivity index (χ2v) is 4.28. The number of rotatable bonds is 2. The van der Waals surface area contributed by atoms with Gasteiger partial charge in [-0.25, -0.2) is 4.79 Å². The minimum absolute atomic E-state index is 0.00875. The monoisotopic (exact) mass is 277 g/mol. The fourth-order valence-electron chi connectivity index (χ4n) is 1.55. The van der Waals surface area contributed by atoms with E-state index in [2.05, 4.69) is 22.7 Å². The average molecular weight is 277 g/mol. The molecule has 1 heterocycles. The first kappa shape index (κ1) is 13.0. The summed E-state index contributed by atoms with van der Waals surface area (Å²) in [7, 11) is 0. The van der Waals surface area contributed by atoms with Gasteiger partial charge in [0.15, 0.2) is 5.11 Å². The number of fused-ring (bicyclic) bond motifs is 1. The van der Waals surface area contributed by atoms with Crippen molar-refractivity contribution in [3.63, 3.8) is 0 Å². The lowest BCUT2D eigenvalue weighted by Crippen LogP contribution is -2.26. The van der Waals surface area contributed by atoms with Crippen LogP contribution >= 0.6 is 12.2 Å². The minimum atomic E-state index is -0.552. The molecule has 0 saturated heterocycles. The Labute approximate surface area is 113 Å². The molecule has 0 fully saturated rings. The van der Waals surface area contributed by atoms with Gasteiger partial charge in [-0.1, -0.05) is 0 Å². The fraction of sp³-hybridized carbons (Fsp3) is 0.0833.